The highest BCUT2D eigenvalue weighted by Gasteiger charge is 2.35. The van der Waals surface area contributed by atoms with Gasteiger partial charge >= 0.3 is 0 Å². The summed E-state index contributed by atoms with van der Waals surface area (Å²) in [5.41, 5.74) is 1.77. The van der Waals surface area contributed by atoms with Crippen molar-refractivity contribution in [2.45, 2.75) is 26.1 Å². The van der Waals surface area contributed by atoms with Gasteiger partial charge in [0.25, 0.3) is 0 Å². The molecule has 0 bridgehead atoms. The van der Waals surface area contributed by atoms with Gasteiger partial charge in [-0.05, 0) is 31.0 Å². The molecule has 2 rings (SSSR count). The summed E-state index contributed by atoms with van der Waals surface area (Å²) >= 11 is 0. The Morgan fingerprint density at radius 3 is 2.58 bits per heavy atom. The molecule has 1 aromatic carbocycles. The zero-order valence-electron chi connectivity index (χ0n) is 7.17. The second-order valence-electron chi connectivity index (χ2n) is 3.27. The Morgan fingerprint density at radius 2 is 2.08 bits per heavy atom. The van der Waals surface area contributed by atoms with Crippen molar-refractivity contribution in [2.75, 3.05) is 0 Å². The fraction of sp³-hybridized carbons (Fsp3) is 0.400. The summed E-state index contributed by atoms with van der Waals surface area (Å²) in [6, 6.07) is 5.14. The van der Waals surface area contributed by atoms with Gasteiger partial charge in [0.05, 0.1) is 6.10 Å². The molecule has 2 heteroatoms. The molecule has 64 valence electrons. The first-order valence-corrected chi connectivity index (χ1v) is 4.10. The first kappa shape index (κ1) is 7.74. The van der Waals surface area contributed by atoms with E-state index in [-0.39, 0.29) is 11.9 Å². The first-order chi connectivity index (χ1) is 5.68. The molecule has 0 spiro atoms. The van der Waals surface area contributed by atoms with Crippen molar-refractivity contribution in [3.63, 3.8) is 0 Å². The molecule has 1 heterocycles. The van der Waals surface area contributed by atoms with Gasteiger partial charge in [-0.1, -0.05) is 12.1 Å². The molecule has 1 fully saturated rings. The van der Waals surface area contributed by atoms with Crippen LogP contribution in [0.4, 0.5) is 4.39 Å². The predicted molar refractivity (Wildman–Crippen MR) is 44.4 cm³/mol. The summed E-state index contributed by atoms with van der Waals surface area (Å²) in [4.78, 5) is 0. The van der Waals surface area contributed by atoms with Crippen LogP contribution in [0.5, 0.6) is 0 Å². The van der Waals surface area contributed by atoms with Crippen LogP contribution in [0.25, 0.3) is 0 Å². The maximum absolute atomic E-state index is 12.8. The van der Waals surface area contributed by atoms with Gasteiger partial charge in [-0.3, -0.25) is 0 Å². The molecule has 1 aliphatic rings. The third-order valence-corrected chi connectivity index (χ3v) is 2.22. The summed E-state index contributed by atoms with van der Waals surface area (Å²) in [5.74, 6) is -0.146. The number of aryl methyl sites for hydroxylation is 1. The highest BCUT2D eigenvalue weighted by atomic mass is 19.1. The normalized spacial score (nSPS) is 27.2. The van der Waals surface area contributed by atoms with Gasteiger partial charge in [-0.15, -0.1) is 0 Å². The maximum Gasteiger partial charge on any atom is 0.126 e. The molecule has 1 aromatic rings. The lowest BCUT2D eigenvalue weighted by Crippen LogP contribution is -1.87. The lowest BCUT2D eigenvalue weighted by Gasteiger charge is -1.98. The van der Waals surface area contributed by atoms with E-state index in [1.165, 1.54) is 6.07 Å². The van der Waals surface area contributed by atoms with Crippen molar-refractivity contribution in [1.82, 2.24) is 0 Å². The van der Waals surface area contributed by atoms with Crippen molar-refractivity contribution in [1.29, 1.82) is 0 Å². The van der Waals surface area contributed by atoms with Crippen LogP contribution in [0.3, 0.4) is 0 Å². The molecular formula is C10H11FO. The molecule has 0 radical (unpaired) electrons. The molecule has 0 aliphatic carbocycles. The number of halogens is 1. The van der Waals surface area contributed by atoms with E-state index >= 15 is 0 Å². The van der Waals surface area contributed by atoms with E-state index in [4.69, 9.17) is 4.74 Å². The second kappa shape index (κ2) is 2.56. The maximum atomic E-state index is 12.8. The SMILES string of the molecule is Cc1cc(C2OC2C)ccc1F. The molecule has 1 nitrogen and oxygen atoms in total. The van der Waals surface area contributed by atoms with E-state index in [2.05, 4.69) is 0 Å². The zero-order chi connectivity index (χ0) is 8.72. The van der Waals surface area contributed by atoms with Crippen LogP contribution in [0, 0.1) is 12.7 Å². The minimum Gasteiger partial charge on any atom is -0.365 e. The van der Waals surface area contributed by atoms with Crippen molar-refractivity contribution in [2.24, 2.45) is 0 Å². The molecule has 12 heavy (non-hydrogen) atoms. The molecule has 0 saturated carbocycles. The number of epoxide rings is 1. The highest BCUT2D eigenvalue weighted by Crippen LogP contribution is 2.38. The monoisotopic (exact) mass is 166 g/mol. The smallest absolute Gasteiger partial charge is 0.126 e. The van der Waals surface area contributed by atoms with Crippen molar-refractivity contribution >= 4 is 0 Å². The molecule has 0 amide bonds. The van der Waals surface area contributed by atoms with Gasteiger partial charge in [-0.25, -0.2) is 4.39 Å². The molecule has 1 saturated heterocycles. The van der Waals surface area contributed by atoms with Crippen LogP contribution in [-0.2, 0) is 4.74 Å². The van der Waals surface area contributed by atoms with E-state index in [9.17, 15) is 4.39 Å². The van der Waals surface area contributed by atoms with Gasteiger partial charge in [-0.2, -0.15) is 0 Å². The minimum absolute atomic E-state index is 0.146. The highest BCUT2D eigenvalue weighted by molar-refractivity contribution is 5.28. The van der Waals surface area contributed by atoms with Crippen LogP contribution in [0.2, 0.25) is 0 Å². The van der Waals surface area contributed by atoms with Crippen LogP contribution in [0.15, 0.2) is 18.2 Å². The molecule has 0 aromatic heterocycles. The number of hydrogen-bond acceptors (Lipinski definition) is 1. The largest absolute Gasteiger partial charge is 0.365 e. The van der Waals surface area contributed by atoms with E-state index in [0.717, 1.165) is 5.56 Å². The molecular weight excluding hydrogens is 155 g/mol. The Kier molecular flexibility index (Phi) is 1.65. The van der Waals surface area contributed by atoms with E-state index in [1.54, 1.807) is 13.0 Å². The Labute approximate surface area is 71.2 Å². The van der Waals surface area contributed by atoms with Crippen LogP contribution >= 0.6 is 0 Å². The van der Waals surface area contributed by atoms with Gasteiger partial charge < -0.3 is 4.74 Å². The summed E-state index contributed by atoms with van der Waals surface area (Å²) in [6.07, 6.45) is 0.499. The quantitative estimate of drug-likeness (QED) is 0.584. The topological polar surface area (TPSA) is 12.5 Å². The summed E-state index contributed by atoms with van der Waals surface area (Å²) in [6.45, 7) is 3.79. The number of benzene rings is 1. The third kappa shape index (κ3) is 1.23. The van der Waals surface area contributed by atoms with Gasteiger partial charge in [0.1, 0.15) is 11.9 Å². The Balaban J connectivity index is 2.29. The van der Waals surface area contributed by atoms with Crippen LogP contribution in [-0.4, -0.2) is 6.10 Å². The lowest BCUT2D eigenvalue weighted by atomic mass is 10.1. The Bertz CT molecular complexity index is 309. The summed E-state index contributed by atoms with van der Waals surface area (Å²) in [5, 5.41) is 0. The average Bonchev–Trinajstić information content (AvgIpc) is 2.73. The number of ether oxygens (including phenoxy) is 1. The minimum atomic E-state index is -0.146. The fourth-order valence-corrected chi connectivity index (χ4v) is 1.38. The lowest BCUT2D eigenvalue weighted by molar-refractivity contribution is 0.383. The van der Waals surface area contributed by atoms with Crippen molar-refractivity contribution in [3.05, 3.63) is 35.1 Å². The average molecular weight is 166 g/mol. The summed E-state index contributed by atoms with van der Waals surface area (Å²) in [7, 11) is 0. The molecule has 1 aliphatic heterocycles. The van der Waals surface area contributed by atoms with E-state index in [1.807, 2.05) is 13.0 Å². The van der Waals surface area contributed by atoms with Crippen molar-refractivity contribution in [3.8, 4) is 0 Å². The zero-order valence-corrected chi connectivity index (χ0v) is 7.17. The molecule has 2 atom stereocenters. The van der Waals surface area contributed by atoms with Crippen LogP contribution in [0.1, 0.15) is 24.2 Å². The van der Waals surface area contributed by atoms with E-state index < -0.39 is 0 Å². The van der Waals surface area contributed by atoms with Crippen LogP contribution < -0.4 is 0 Å². The fourth-order valence-electron chi connectivity index (χ4n) is 1.38. The number of rotatable bonds is 1. The molecule has 2 unspecified atom stereocenters. The van der Waals surface area contributed by atoms with E-state index in [0.29, 0.717) is 11.7 Å². The number of hydrogen-bond donors (Lipinski definition) is 0. The Hall–Kier alpha value is -0.890. The summed E-state index contributed by atoms with van der Waals surface area (Å²) < 4.78 is 18.1. The first-order valence-electron chi connectivity index (χ1n) is 4.10. The third-order valence-electron chi connectivity index (χ3n) is 2.22. The van der Waals surface area contributed by atoms with Gasteiger partial charge in [0.15, 0.2) is 0 Å². The standard InChI is InChI=1S/C10H11FO/c1-6-5-8(3-4-9(6)11)10-7(2)12-10/h3-5,7,10H,1-2H3. The molecule has 0 N–H and O–H groups in total. The van der Waals surface area contributed by atoms with Gasteiger partial charge in [0, 0.05) is 0 Å². The van der Waals surface area contributed by atoms with Crippen molar-refractivity contribution < 1.29 is 9.13 Å². The second-order valence-corrected chi connectivity index (χ2v) is 3.27. The Morgan fingerprint density at radius 1 is 1.42 bits per heavy atom. The van der Waals surface area contributed by atoms with Gasteiger partial charge in [0.2, 0.25) is 0 Å². The predicted octanol–water partition coefficient (Wildman–Crippen LogP) is 2.59.